The molecule has 3 aliphatic rings. The maximum Gasteiger partial charge on any atom is 0.340 e. The van der Waals surface area contributed by atoms with E-state index in [0.717, 1.165) is 18.7 Å². The highest BCUT2D eigenvalue weighted by molar-refractivity contribution is 5.94. The summed E-state index contributed by atoms with van der Waals surface area (Å²) >= 11 is 0. The first-order chi connectivity index (χ1) is 12.2. The van der Waals surface area contributed by atoms with Gasteiger partial charge in [0.25, 0.3) is 5.91 Å². The number of H-pyrrole nitrogens is 2. The van der Waals surface area contributed by atoms with Crippen LogP contribution in [0.15, 0.2) is 17.1 Å². The van der Waals surface area contributed by atoms with E-state index in [1.54, 1.807) is 0 Å². The number of ether oxygens (including phenoxy) is 1. The third kappa shape index (κ3) is 2.52. The van der Waals surface area contributed by atoms with Crippen LogP contribution in [0.1, 0.15) is 47.2 Å². The molecule has 5 rings (SSSR count). The molecule has 2 aliphatic heterocycles. The second-order valence-corrected chi connectivity index (χ2v) is 7.26. The van der Waals surface area contributed by atoms with Crippen LogP contribution < -0.4 is 5.69 Å². The molecule has 0 radical (unpaired) electrons. The molecule has 2 N–H and O–H groups in total. The number of nitrogens with one attached hydrogen (secondary N) is 2. The average Bonchev–Trinajstić information content (AvgIpc) is 3.05. The molecule has 25 heavy (non-hydrogen) atoms. The minimum Gasteiger partial charge on any atom is -0.373 e. The number of amides is 1. The van der Waals surface area contributed by atoms with Crippen molar-refractivity contribution in [1.29, 1.82) is 0 Å². The van der Waals surface area contributed by atoms with Crippen molar-refractivity contribution in [2.24, 2.45) is 11.8 Å². The van der Waals surface area contributed by atoms with Gasteiger partial charge in [-0.15, -0.1) is 0 Å². The summed E-state index contributed by atoms with van der Waals surface area (Å²) in [6.45, 7) is 2.72. The number of fused-ring (bicyclic) bond motifs is 1. The van der Waals surface area contributed by atoms with Crippen molar-refractivity contribution in [3.63, 3.8) is 0 Å². The first-order valence-corrected chi connectivity index (χ1v) is 8.93. The van der Waals surface area contributed by atoms with Crippen LogP contribution in [-0.2, 0) is 17.9 Å². The zero-order valence-electron chi connectivity index (χ0n) is 13.9. The van der Waals surface area contributed by atoms with Gasteiger partial charge in [-0.25, -0.2) is 9.89 Å². The number of hydrogen-bond donors (Lipinski definition) is 2. The molecule has 1 aliphatic carbocycles. The summed E-state index contributed by atoms with van der Waals surface area (Å²) in [6, 6.07) is 1.78. The van der Waals surface area contributed by atoms with Crippen LogP contribution in [0, 0.1) is 11.8 Å². The van der Waals surface area contributed by atoms with E-state index in [4.69, 9.17) is 4.74 Å². The van der Waals surface area contributed by atoms with Crippen molar-refractivity contribution in [2.75, 3.05) is 13.2 Å². The fraction of sp³-hybridized carbons (Fsp3) is 0.588. The number of carbonyl (C=O) groups excluding carboxylic acids is 1. The Kier molecular flexibility index (Phi) is 3.34. The van der Waals surface area contributed by atoms with Crippen molar-refractivity contribution >= 4 is 5.91 Å². The summed E-state index contributed by atoms with van der Waals surface area (Å²) in [4.78, 5) is 29.4. The number of aromatic nitrogens is 4. The van der Waals surface area contributed by atoms with Crippen LogP contribution in [0.4, 0.5) is 0 Å². The van der Waals surface area contributed by atoms with Gasteiger partial charge in [-0.05, 0) is 37.2 Å². The number of nitrogens with zero attached hydrogens (tertiary/aromatic N) is 3. The zero-order valence-corrected chi connectivity index (χ0v) is 13.9. The van der Waals surface area contributed by atoms with Gasteiger partial charge in [-0.1, -0.05) is 0 Å². The smallest absolute Gasteiger partial charge is 0.340 e. The Hall–Kier alpha value is -2.35. The topological polar surface area (TPSA) is 96.0 Å². The van der Waals surface area contributed by atoms with E-state index >= 15 is 0 Å². The zero-order chi connectivity index (χ0) is 17.0. The molecule has 2 atom stereocenters. The molecule has 1 amide bonds. The summed E-state index contributed by atoms with van der Waals surface area (Å²) in [7, 11) is 0. The van der Waals surface area contributed by atoms with E-state index in [1.807, 2.05) is 17.2 Å². The fourth-order valence-corrected chi connectivity index (χ4v) is 4.34. The van der Waals surface area contributed by atoms with E-state index in [0.29, 0.717) is 43.0 Å². The molecule has 1 saturated carbocycles. The van der Waals surface area contributed by atoms with Gasteiger partial charge >= 0.3 is 5.69 Å². The van der Waals surface area contributed by atoms with E-state index in [1.165, 1.54) is 12.8 Å². The lowest BCUT2D eigenvalue weighted by Gasteiger charge is -2.26. The van der Waals surface area contributed by atoms with Gasteiger partial charge < -0.3 is 14.2 Å². The summed E-state index contributed by atoms with van der Waals surface area (Å²) < 4.78 is 7.56. The minimum absolute atomic E-state index is 0.0129. The number of rotatable bonds is 3. The molecular weight excluding hydrogens is 322 g/mol. The molecule has 0 spiro atoms. The quantitative estimate of drug-likeness (QED) is 0.870. The van der Waals surface area contributed by atoms with Crippen LogP contribution in [0.5, 0.6) is 0 Å². The lowest BCUT2D eigenvalue weighted by atomic mass is 9.94. The Balaban J connectivity index is 1.47. The molecule has 4 heterocycles. The lowest BCUT2D eigenvalue weighted by molar-refractivity contribution is 0.0704. The molecule has 2 unspecified atom stereocenters. The van der Waals surface area contributed by atoms with Gasteiger partial charge in [0.15, 0.2) is 5.82 Å². The number of likely N-dealkylation sites (tertiary alicyclic amines) is 1. The van der Waals surface area contributed by atoms with E-state index in [9.17, 15) is 9.59 Å². The van der Waals surface area contributed by atoms with Crippen molar-refractivity contribution in [2.45, 2.75) is 38.5 Å². The molecule has 1 saturated heterocycles. The molecule has 0 aromatic carbocycles. The second kappa shape index (κ2) is 5.59. The largest absolute Gasteiger partial charge is 0.373 e. The Labute approximate surface area is 144 Å². The van der Waals surface area contributed by atoms with Gasteiger partial charge in [0.2, 0.25) is 0 Å². The monoisotopic (exact) mass is 343 g/mol. The summed E-state index contributed by atoms with van der Waals surface area (Å²) in [5, 5.41) is 6.58. The lowest BCUT2D eigenvalue weighted by Crippen LogP contribution is -2.33. The Morgan fingerprint density at radius 2 is 2.16 bits per heavy atom. The second-order valence-electron chi connectivity index (χ2n) is 7.26. The first-order valence-electron chi connectivity index (χ1n) is 8.93. The summed E-state index contributed by atoms with van der Waals surface area (Å²) in [6.07, 6.45) is 5.30. The molecule has 2 aromatic rings. The molecule has 8 nitrogen and oxygen atoms in total. The maximum atomic E-state index is 13.2. The van der Waals surface area contributed by atoms with Crippen molar-refractivity contribution in [1.82, 2.24) is 24.6 Å². The standard InChI is InChI=1S/C17H21N5O3/c23-16(11-7-12-9-25-6-5-21(12)8-11)22-4-3-13(10-1-2-10)14(22)15-18-17(24)20-19-15/h7-8,10,13-14H,1-6,9H2,(H2,18,19,20,24). The average molecular weight is 343 g/mol. The molecule has 2 fully saturated rings. The van der Waals surface area contributed by atoms with E-state index in [2.05, 4.69) is 19.7 Å². The SMILES string of the molecule is O=C(c1cc2n(c1)CCOC2)N1CCC(C2CC2)C1c1n[nH]c(=O)[nH]1. The van der Waals surface area contributed by atoms with Crippen LogP contribution in [0.25, 0.3) is 0 Å². The highest BCUT2D eigenvalue weighted by atomic mass is 16.5. The first kappa shape index (κ1) is 14.9. The van der Waals surface area contributed by atoms with Crippen LogP contribution in [0.2, 0.25) is 0 Å². The van der Waals surface area contributed by atoms with Crippen molar-refractivity contribution in [3.8, 4) is 0 Å². The third-order valence-electron chi connectivity index (χ3n) is 5.69. The number of hydrogen-bond acceptors (Lipinski definition) is 4. The van der Waals surface area contributed by atoms with Crippen LogP contribution in [-0.4, -0.2) is 43.7 Å². The van der Waals surface area contributed by atoms with Crippen molar-refractivity contribution < 1.29 is 9.53 Å². The fourth-order valence-electron chi connectivity index (χ4n) is 4.34. The van der Waals surface area contributed by atoms with Crippen molar-refractivity contribution in [3.05, 3.63) is 39.8 Å². The molecule has 2 aromatic heterocycles. The van der Waals surface area contributed by atoms with Gasteiger partial charge in [0.1, 0.15) is 0 Å². The molecular formula is C17H21N5O3. The van der Waals surface area contributed by atoms with Gasteiger partial charge in [-0.3, -0.25) is 9.78 Å². The highest BCUT2D eigenvalue weighted by Crippen LogP contribution is 2.49. The van der Waals surface area contributed by atoms with Gasteiger partial charge in [0, 0.05) is 25.0 Å². The van der Waals surface area contributed by atoms with Gasteiger partial charge in [-0.2, -0.15) is 5.10 Å². The van der Waals surface area contributed by atoms with Crippen LogP contribution >= 0.6 is 0 Å². The summed E-state index contributed by atoms with van der Waals surface area (Å²) in [5.74, 6) is 1.61. The summed E-state index contributed by atoms with van der Waals surface area (Å²) in [5.41, 5.74) is 1.41. The minimum atomic E-state index is -0.319. The van der Waals surface area contributed by atoms with E-state index in [-0.39, 0.29) is 17.6 Å². The Bertz CT molecular complexity index is 838. The Morgan fingerprint density at radius 3 is 2.88 bits per heavy atom. The predicted octanol–water partition coefficient (Wildman–Crippen LogP) is 1.04. The maximum absolute atomic E-state index is 13.2. The number of aromatic amines is 2. The molecule has 0 bridgehead atoms. The molecule has 8 heteroatoms. The van der Waals surface area contributed by atoms with E-state index < -0.39 is 0 Å². The van der Waals surface area contributed by atoms with Gasteiger partial charge in [0.05, 0.1) is 24.8 Å². The highest BCUT2D eigenvalue weighted by Gasteiger charge is 2.47. The molecule has 132 valence electrons. The number of carbonyl (C=O) groups is 1. The van der Waals surface area contributed by atoms with Crippen LogP contribution in [0.3, 0.4) is 0 Å². The predicted molar refractivity (Wildman–Crippen MR) is 87.9 cm³/mol. The third-order valence-corrected chi connectivity index (χ3v) is 5.69. The normalized spacial score (nSPS) is 26.0. The Morgan fingerprint density at radius 1 is 1.28 bits per heavy atom.